The molecule has 8 N–H and O–H groups in total. The van der Waals surface area contributed by atoms with Gasteiger partial charge in [-0.05, 0) is 20.9 Å². The number of amides is 2. The highest BCUT2D eigenvalue weighted by Crippen LogP contribution is 2.14. The Morgan fingerprint density at radius 2 is 2.08 bits per heavy atom. The molecular formula is C21H27N7O10S. The molecule has 18 heteroatoms. The minimum absolute atomic E-state index is 0.00278. The van der Waals surface area contributed by atoms with Gasteiger partial charge in [-0.2, -0.15) is 4.73 Å². The summed E-state index contributed by atoms with van der Waals surface area (Å²) >= 11 is 1.14. The van der Waals surface area contributed by atoms with Crippen LogP contribution in [0.15, 0.2) is 27.6 Å². The summed E-state index contributed by atoms with van der Waals surface area (Å²) < 4.78 is 5.33. The molecule has 0 spiro atoms. The number of rotatable bonds is 10. The number of aromatic hydroxyl groups is 1. The lowest BCUT2D eigenvalue weighted by molar-refractivity contribution is -0.161. The number of carboxylic acids is 1. The molecule has 0 saturated carbocycles. The molecule has 212 valence electrons. The second kappa shape index (κ2) is 13.2. The van der Waals surface area contributed by atoms with Gasteiger partial charge in [-0.1, -0.05) is 5.16 Å². The van der Waals surface area contributed by atoms with E-state index in [-0.39, 0.29) is 53.4 Å². The van der Waals surface area contributed by atoms with Crippen LogP contribution in [0.3, 0.4) is 0 Å². The number of thiazole rings is 1. The van der Waals surface area contributed by atoms with Crippen LogP contribution < -0.4 is 27.1 Å². The summed E-state index contributed by atoms with van der Waals surface area (Å²) in [5.41, 5.74) is 3.34. The summed E-state index contributed by atoms with van der Waals surface area (Å²) in [6.07, 6.45) is 0.462. The van der Waals surface area contributed by atoms with Crippen LogP contribution in [-0.2, 0) is 30.6 Å². The van der Waals surface area contributed by atoms with Crippen molar-refractivity contribution >= 4 is 46.4 Å². The highest BCUT2D eigenvalue weighted by Gasteiger charge is 2.38. The van der Waals surface area contributed by atoms with Gasteiger partial charge in [0.05, 0.1) is 17.9 Å². The normalized spacial score (nSPS) is 16.6. The zero-order valence-corrected chi connectivity index (χ0v) is 21.7. The molecule has 2 atom stereocenters. The van der Waals surface area contributed by atoms with Gasteiger partial charge in [0.1, 0.15) is 18.3 Å². The van der Waals surface area contributed by atoms with E-state index in [2.05, 4.69) is 26.1 Å². The van der Waals surface area contributed by atoms with Gasteiger partial charge in [0.15, 0.2) is 22.9 Å². The molecule has 1 saturated heterocycles. The van der Waals surface area contributed by atoms with Crippen LogP contribution in [0, 0.1) is 0 Å². The van der Waals surface area contributed by atoms with Crippen LogP contribution in [0.1, 0.15) is 25.2 Å². The number of aldehydes is 1. The number of pyridine rings is 1. The standard InChI is InChI=1S/C12H16N4O6.C9H11N3O4S/c1-13-10-7(15-11(10)19)3-14-12(20)22-5-6-2-8(17)9(18)4-16(6)21;1-9(2,7(14)15)16-12-5(3-13)6-4-17-8(10)11-6/h2,4,7,10,13,18,21H,3,5H2,1H3,(H,14,20)(H,15,19);3-4H,1-2H3,(H2,10,11)(H,14,15)/b;12-5+. The molecule has 0 aromatic carbocycles. The second-order valence-corrected chi connectivity index (χ2v) is 9.16. The van der Waals surface area contributed by atoms with Gasteiger partial charge in [0, 0.05) is 18.0 Å². The van der Waals surface area contributed by atoms with Crippen molar-refractivity contribution in [3.8, 4) is 5.75 Å². The molecule has 2 aromatic rings. The summed E-state index contributed by atoms with van der Waals surface area (Å²) in [5.74, 6) is -1.95. The number of nitrogens with one attached hydrogen (secondary N) is 3. The lowest BCUT2D eigenvalue weighted by atomic mass is 9.99. The van der Waals surface area contributed by atoms with Gasteiger partial charge in [0.25, 0.3) is 0 Å². The Bertz CT molecular complexity index is 1310. The summed E-state index contributed by atoms with van der Waals surface area (Å²) in [4.78, 5) is 64.0. The van der Waals surface area contributed by atoms with Crippen molar-refractivity contribution in [2.75, 3.05) is 19.3 Å². The molecular weight excluding hydrogens is 542 g/mol. The first kappa shape index (κ1) is 30.5. The number of β-lactam (4-membered cyclic amide) rings is 1. The van der Waals surface area contributed by atoms with E-state index in [9.17, 15) is 29.2 Å². The fourth-order valence-electron chi connectivity index (χ4n) is 2.73. The highest BCUT2D eigenvalue weighted by molar-refractivity contribution is 7.13. The number of aliphatic carboxylic acids is 1. The molecule has 0 bridgehead atoms. The molecule has 17 nitrogen and oxygen atoms in total. The summed E-state index contributed by atoms with van der Waals surface area (Å²) in [6, 6.07) is 0.362. The number of oxime groups is 1. The third-order valence-electron chi connectivity index (χ3n) is 5.01. The molecule has 2 unspecified atom stereocenters. The summed E-state index contributed by atoms with van der Waals surface area (Å²) in [7, 11) is 1.64. The van der Waals surface area contributed by atoms with Crippen LogP contribution in [0.25, 0.3) is 0 Å². The number of nitrogens with zero attached hydrogens (tertiary/aromatic N) is 3. The van der Waals surface area contributed by atoms with Crippen LogP contribution in [-0.4, -0.2) is 86.4 Å². The predicted octanol–water partition coefficient (Wildman–Crippen LogP) is -1.39. The number of hydrogen-bond donors (Lipinski definition) is 7. The van der Waals surface area contributed by atoms with Gasteiger partial charge in [0.2, 0.25) is 16.9 Å². The minimum Gasteiger partial charge on any atom is -0.503 e. The van der Waals surface area contributed by atoms with E-state index >= 15 is 0 Å². The van der Waals surface area contributed by atoms with Crippen molar-refractivity contribution in [3.63, 3.8) is 0 Å². The number of carbonyl (C=O) groups excluding carboxylic acids is 3. The first-order valence-electron chi connectivity index (χ1n) is 11.0. The smallest absolute Gasteiger partial charge is 0.407 e. The molecule has 39 heavy (non-hydrogen) atoms. The fraction of sp³-hybridized carbons (Fsp3) is 0.381. The second-order valence-electron chi connectivity index (χ2n) is 8.27. The molecule has 0 aliphatic carbocycles. The van der Waals surface area contributed by atoms with Gasteiger partial charge >= 0.3 is 12.1 Å². The maximum absolute atomic E-state index is 11.5. The van der Waals surface area contributed by atoms with Crippen LogP contribution in [0.2, 0.25) is 0 Å². The zero-order valence-electron chi connectivity index (χ0n) is 20.9. The number of aromatic nitrogens is 2. The number of alkyl carbamates (subject to hydrolysis) is 1. The van der Waals surface area contributed by atoms with Gasteiger partial charge in [-0.25, -0.2) is 14.6 Å². The van der Waals surface area contributed by atoms with Gasteiger partial charge in [-0.15, -0.1) is 11.3 Å². The number of likely N-dealkylation sites (N-methyl/N-ethyl adjacent to an activating group) is 1. The largest absolute Gasteiger partial charge is 0.503 e. The predicted molar refractivity (Wildman–Crippen MR) is 134 cm³/mol. The van der Waals surface area contributed by atoms with Crippen molar-refractivity contribution in [1.82, 2.24) is 25.7 Å². The summed E-state index contributed by atoms with van der Waals surface area (Å²) in [5, 5.41) is 40.5. The number of carbonyl (C=O) groups is 4. The molecule has 1 fully saturated rings. The molecule has 2 aromatic heterocycles. The van der Waals surface area contributed by atoms with E-state index in [1.165, 1.54) is 19.2 Å². The topological polar surface area (TPSA) is 257 Å². The number of ether oxygens (including phenoxy) is 1. The average Bonchev–Trinajstić information content (AvgIpc) is 3.29. The average molecular weight is 570 g/mol. The Balaban J connectivity index is 0.000000283. The number of anilines is 1. The van der Waals surface area contributed by atoms with E-state index in [0.717, 1.165) is 23.6 Å². The monoisotopic (exact) mass is 569 g/mol. The van der Waals surface area contributed by atoms with E-state index < -0.39 is 28.8 Å². The first-order chi connectivity index (χ1) is 18.3. The number of hydrogen-bond acceptors (Lipinski definition) is 14. The highest BCUT2D eigenvalue weighted by atomic mass is 32.1. The van der Waals surface area contributed by atoms with Crippen molar-refractivity contribution < 1.29 is 44.2 Å². The fourth-order valence-corrected chi connectivity index (χ4v) is 3.28. The number of carboxylic acid groups (broad SMARTS) is 1. The minimum atomic E-state index is -1.52. The molecule has 0 radical (unpaired) electrons. The van der Waals surface area contributed by atoms with Crippen LogP contribution in [0.4, 0.5) is 9.93 Å². The number of nitrogen functional groups attached to an aromatic ring is 1. The Morgan fingerprint density at radius 1 is 1.38 bits per heavy atom. The first-order valence-corrected chi connectivity index (χ1v) is 11.8. The van der Waals surface area contributed by atoms with E-state index in [1.54, 1.807) is 7.05 Å². The van der Waals surface area contributed by atoms with E-state index in [1.807, 2.05) is 0 Å². The molecule has 1 aliphatic heterocycles. The summed E-state index contributed by atoms with van der Waals surface area (Å²) in [6.45, 7) is 2.45. The zero-order chi connectivity index (χ0) is 29.3. The van der Waals surface area contributed by atoms with Crippen LogP contribution in [0.5, 0.6) is 5.75 Å². The molecule has 3 heterocycles. The third kappa shape index (κ3) is 8.40. The van der Waals surface area contributed by atoms with Crippen LogP contribution >= 0.6 is 11.3 Å². The third-order valence-corrected chi connectivity index (χ3v) is 5.69. The van der Waals surface area contributed by atoms with E-state index in [4.69, 9.17) is 25.5 Å². The Morgan fingerprint density at radius 3 is 2.62 bits per heavy atom. The van der Waals surface area contributed by atoms with Crippen molar-refractivity contribution in [2.45, 2.75) is 38.1 Å². The Labute approximate surface area is 224 Å². The van der Waals surface area contributed by atoms with Crippen molar-refractivity contribution in [2.24, 2.45) is 5.16 Å². The quantitative estimate of drug-likeness (QED) is 0.0572. The van der Waals surface area contributed by atoms with E-state index in [0.29, 0.717) is 11.0 Å². The molecule has 1 aliphatic rings. The van der Waals surface area contributed by atoms with Gasteiger partial charge < -0.3 is 46.7 Å². The Hall–Kier alpha value is -4.71. The maximum Gasteiger partial charge on any atom is 0.407 e. The lowest BCUT2D eigenvalue weighted by Gasteiger charge is -2.36. The SMILES string of the molecule is CC(C)(O/N=C(\C=O)c1csc(N)n1)C(=O)O.CNC1C(=O)NC1CNC(=O)OCc1cc(=O)c(O)cn1O. The van der Waals surface area contributed by atoms with Gasteiger partial charge in [-0.3, -0.25) is 14.4 Å². The Kier molecular flexibility index (Phi) is 10.3. The molecule has 2 amide bonds. The number of nitrogens with two attached hydrogens (primary N) is 1. The van der Waals surface area contributed by atoms with Crippen molar-refractivity contribution in [3.05, 3.63) is 39.3 Å². The lowest BCUT2D eigenvalue weighted by Crippen LogP contribution is -2.70. The van der Waals surface area contributed by atoms with Crippen molar-refractivity contribution in [1.29, 1.82) is 0 Å². The maximum atomic E-state index is 11.5. The molecule has 3 rings (SSSR count).